The maximum Gasteiger partial charge on any atom is 0.180 e. The Bertz CT molecular complexity index is 1170. The fourth-order valence-electron chi connectivity index (χ4n) is 4.27. The van der Waals surface area contributed by atoms with Gasteiger partial charge < -0.3 is 22.5 Å². The van der Waals surface area contributed by atoms with Gasteiger partial charge in [0.1, 0.15) is 5.82 Å². The van der Waals surface area contributed by atoms with Gasteiger partial charge in [-0.15, -0.1) is 12.4 Å². The van der Waals surface area contributed by atoms with E-state index in [1.165, 1.54) is 37.7 Å². The molecule has 0 radical (unpaired) electrons. The van der Waals surface area contributed by atoms with Gasteiger partial charge >= 0.3 is 0 Å². The number of fused-ring (bicyclic) bond motifs is 1. The van der Waals surface area contributed by atoms with E-state index in [0.717, 1.165) is 23.6 Å². The third kappa shape index (κ3) is 6.91. The summed E-state index contributed by atoms with van der Waals surface area (Å²) in [4.78, 5) is 13.2. The number of aromatic nitrogens is 4. The van der Waals surface area contributed by atoms with Crippen molar-refractivity contribution in [2.24, 2.45) is 11.5 Å². The Kier molecular flexibility index (Phi) is 9.84. The lowest BCUT2D eigenvalue weighted by molar-refractivity contribution is 0.441. The smallest absolute Gasteiger partial charge is 0.180 e. The first-order valence-corrected chi connectivity index (χ1v) is 12.0. The van der Waals surface area contributed by atoms with Crippen molar-refractivity contribution in [3.8, 4) is 11.4 Å². The monoisotopic (exact) mass is 494 g/mol. The fourth-order valence-corrected chi connectivity index (χ4v) is 4.27. The molecule has 3 heterocycles. The van der Waals surface area contributed by atoms with Crippen LogP contribution in [-0.2, 0) is 0 Å². The van der Waals surface area contributed by atoms with E-state index in [4.69, 9.17) is 22.2 Å². The molecule has 8 nitrogen and oxygen atoms in total. The van der Waals surface area contributed by atoms with Crippen LogP contribution in [0.15, 0.2) is 67.1 Å². The Hall–Kier alpha value is -3.20. The summed E-state index contributed by atoms with van der Waals surface area (Å²) in [6, 6.07) is 16.8. The summed E-state index contributed by atoms with van der Waals surface area (Å²) < 4.78 is 1.89. The largest absolute Gasteiger partial charge is 0.381 e. The van der Waals surface area contributed by atoms with Gasteiger partial charge in [0, 0.05) is 18.4 Å². The van der Waals surface area contributed by atoms with E-state index in [1.54, 1.807) is 12.4 Å². The summed E-state index contributed by atoms with van der Waals surface area (Å²) in [6.45, 7) is 0.589. The van der Waals surface area contributed by atoms with Crippen molar-refractivity contribution in [2.75, 3.05) is 17.6 Å². The molecule has 3 aromatic heterocycles. The predicted octanol–water partition coefficient (Wildman–Crippen LogP) is 4.58. The summed E-state index contributed by atoms with van der Waals surface area (Å²) >= 11 is 0. The number of pyridine rings is 1. The Labute approximate surface area is 212 Å². The van der Waals surface area contributed by atoms with Crippen molar-refractivity contribution in [3.05, 3.63) is 72.7 Å². The number of hydrogen-bond donors (Lipinski definition) is 4. The van der Waals surface area contributed by atoms with Crippen LogP contribution in [0.1, 0.15) is 50.1 Å². The minimum atomic E-state index is 0. The van der Waals surface area contributed by atoms with Crippen LogP contribution < -0.4 is 22.5 Å². The highest BCUT2D eigenvalue weighted by Gasteiger charge is 2.13. The molecule has 4 aromatic rings. The minimum Gasteiger partial charge on any atom is -0.381 e. The van der Waals surface area contributed by atoms with Gasteiger partial charge in [0.05, 0.1) is 23.6 Å². The third-order valence-electron chi connectivity index (χ3n) is 6.10. The Morgan fingerprint density at radius 1 is 1.00 bits per heavy atom. The van der Waals surface area contributed by atoms with Crippen LogP contribution >= 0.6 is 12.4 Å². The van der Waals surface area contributed by atoms with Gasteiger partial charge in [-0.05, 0) is 43.5 Å². The second-order valence-corrected chi connectivity index (χ2v) is 8.64. The summed E-state index contributed by atoms with van der Waals surface area (Å²) in [7, 11) is 0. The van der Waals surface area contributed by atoms with Gasteiger partial charge in [0.25, 0.3) is 0 Å². The van der Waals surface area contributed by atoms with Gasteiger partial charge in [0.2, 0.25) is 0 Å². The minimum absolute atomic E-state index is 0. The van der Waals surface area contributed by atoms with E-state index in [1.807, 2.05) is 47.0 Å². The Morgan fingerprint density at radius 2 is 1.77 bits per heavy atom. The molecule has 186 valence electrons. The quantitative estimate of drug-likeness (QED) is 0.308. The first-order valence-electron chi connectivity index (χ1n) is 12.0. The SMILES string of the molecule is Cl.NC1CCCCC1.NCCC(Nc1cccc(-c2cnc3c(N)nccn23)n1)c1ccccc1. The first kappa shape index (κ1) is 26.4. The molecule has 0 aliphatic heterocycles. The summed E-state index contributed by atoms with van der Waals surface area (Å²) in [5.41, 5.74) is 20.8. The van der Waals surface area contributed by atoms with E-state index in [-0.39, 0.29) is 18.4 Å². The van der Waals surface area contributed by atoms with Crippen molar-refractivity contribution < 1.29 is 0 Å². The van der Waals surface area contributed by atoms with Crippen LogP contribution in [0.2, 0.25) is 0 Å². The number of nitrogens with one attached hydrogen (secondary N) is 1. The molecule has 0 amide bonds. The lowest BCUT2D eigenvalue weighted by Crippen LogP contribution is -2.22. The maximum absolute atomic E-state index is 5.90. The average molecular weight is 495 g/mol. The number of rotatable bonds is 6. The van der Waals surface area contributed by atoms with Crippen molar-refractivity contribution in [1.82, 2.24) is 19.4 Å². The van der Waals surface area contributed by atoms with Crippen LogP contribution in [0, 0.1) is 0 Å². The van der Waals surface area contributed by atoms with Crippen molar-refractivity contribution in [1.29, 1.82) is 0 Å². The average Bonchev–Trinajstić information content (AvgIpc) is 3.31. The Balaban J connectivity index is 0.000000370. The zero-order chi connectivity index (χ0) is 23.8. The van der Waals surface area contributed by atoms with E-state index in [0.29, 0.717) is 24.1 Å². The fraction of sp³-hybridized carbons (Fsp3) is 0.346. The number of anilines is 2. The molecule has 1 atom stereocenters. The van der Waals surface area contributed by atoms with E-state index >= 15 is 0 Å². The summed E-state index contributed by atoms with van der Waals surface area (Å²) in [6.07, 6.45) is 12.7. The molecular formula is C26H35ClN8. The van der Waals surface area contributed by atoms with Crippen molar-refractivity contribution >= 4 is 29.7 Å². The second kappa shape index (κ2) is 13.0. The van der Waals surface area contributed by atoms with Gasteiger partial charge in [-0.1, -0.05) is 55.7 Å². The highest BCUT2D eigenvalue weighted by atomic mass is 35.5. The number of nitrogens with zero attached hydrogens (tertiary/aromatic N) is 4. The molecule has 0 bridgehead atoms. The predicted molar refractivity (Wildman–Crippen MR) is 145 cm³/mol. The van der Waals surface area contributed by atoms with Crippen LogP contribution in [0.4, 0.5) is 11.6 Å². The molecule has 35 heavy (non-hydrogen) atoms. The van der Waals surface area contributed by atoms with Crippen LogP contribution in [0.3, 0.4) is 0 Å². The first-order chi connectivity index (χ1) is 16.7. The lowest BCUT2D eigenvalue weighted by atomic mass is 9.97. The van der Waals surface area contributed by atoms with Crippen molar-refractivity contribution in [3.63, 3.8) is 0 Å². The molecule has 1 aliphatic rings. The molecule has 1 aromatic carbocycles. The number of benzene rings is 1. The van der Waals surface area contributed by atoms with Gasteiger partial charge in [-0.3, -0.25) is 4.40 Å². The Morgan fingerprint density at radius 3 is 2.46 bits per heavy atom. The summed E-state index contributed by atoms with van der Waals surface area (Å²) in [5.74, 6) is 1.18. The van der Waals surface area contributed by atoms with E-state index in [9.17, 15) is 0 Å². The molecule has 0 saturated heterocycles. The molecule has 9 heteroatoms. The number of nitrogen functional groups attached to an aromatic ring is 1. The molecule has 1 fully saturated rings. The number of halogens is 1. The molecular weight excluding hydrogens is 460 g/mol. The topological polar surface area (TPSA) is 133 Å². The normalized spacial score (nSPS) is 14.5. The van der Waals surface area contributed by atoms with E-state index in [2.05, 4.69) is 27.4 Å². The molecule has 5 rings (SSSR count). The van der Waals surface area contributed by atoms with Crippen LogP contribution in [0.25, 0.3) is 17.0 Å². The highest BCUT2D eigenvalue weighted by Crippen LogP contribution is 2.25. The molecule has 1 saturated carbocycles. The summed E-state index contributed by atoms with van der Waals surface area (Å²) in [5, 5.41) is 3.50. The zero-order valence-corrected chi connectivity index (χ0v) is 20.7. The number of hydrogen-bond acceptors (Lipinski definition) is 7. The molecule has 1 aliphatic carbocycles. The molecule has 0 spiro atoms. The number of nitrogens with two attached hydrogens (primary N) is 3. The third-order valence-corrected chi connectivity index (χ3v) is 6.10. The van der Waals surface area contributed by atoms with Crippen molar-refractivity contribution in [2.45, 2.75) is 50.6 Å². The highest BCUT2D eigenvalue weighted by molar-refractivity contribution is 5.85. The standard InChI is InChI=1S/C20H21N7.C6H13N.ClH/c21-10-9-15(14-5-2-1-3-6-14)25-18-8-4-7-16(26-18)17-13-24-20-19(22)23-11-12-27(17)20;7-6-4-2-1-3-5-6;/h1-8,11-13,15H,9-10,21H2,(H2,22,23)(H,25,26);6H,1-5,7H2;1H. The van der Waals surface area contributed by atoms with E-state index < -0.39 is 0 Å². The van der Waals surface area contributed by atoms with Crippen LogP contribution in [0.5, 0.6) is 0 Å². The zero-order valence-electron chi connectivity index (χ0n) is 19.9. The van der Waals surface area contributed by atoms with Crippen LogP contribution in [-0.4, -0.2) is 31.9 Å². The number of imidazole rings is 1. The molecule has 7 N–H and O–H groups in total. The molecule has 1 unspecified atom stereocenters. The second-order valence-electron chi connectivity index (χ2n) is 8.64. The van der Waals surface area contributed by atoms with Gasteiger partial charge in [-0.25, -0.2) is 15.0 Å². The maximum atomic E-state index is 5.90. The van der Waals surface area contributed by atoms with Gasteiger partial charge in [-0.2, -0.15) is 0 Å². The lowest BCUT2D eigenvalue weighted by Gasteiger charge is -2.19. The van der Waals surface area contributed by atoms with Gasteiger partial charge in [0.15, 0.2) is 11.5 Å².